The molecule has 4 rings (SSSR count). The molecule has 122 valence electrons. The van der Waals surface area contributed by atoms with Crippen molar-refractivity contribution in [3.8, 4) is 0 Å². The van der Waals surface area contributed by atoms with Crippen molar-refractivity contribution in [2.75, 3.05) is 0 Å². The number of urea groups is 1. The van der Waals surface area contributed by atoms with E-state index in [1.807, 2.05) is 12.1 Å². The highest BCUT2D eigenvalue weighted by Gasteiger charge is 2.26. The number of rotatable bonds is 3. The number of aromatic nitrogens is 1. The third-order valence-corrected chi connectivity index (χ3v) is 4.50. The summed E-state index contributed by atoms with van der Waals surface area (Å²) in [5.74, 6) is -0.275. The van der Waals surface area contributed by atoms with Gasteiger partial charge in [0.2, 0.25) is 0 Å². The summed E-state index contributed by atoms with van der Waals surface area (Å²) >= 11 is 0. The predicted molar refractivity (Wildman–Crippen MR) is 91.3 cm³/mol. The van der Waals surface area contributed by atoms with Gasteiger partial charge in [-0.1, -0.05) is 30.3 Å². The Morgan fingerprint density at radius 3 is 2.75 bits per heavy atom. The van der Waals surface area contributed by atoms with Crippen LogP contribution in [0.1, 0.15) is 16.8 Å². The summed E-state index contributed by atoms with van der Waals surface area (Å²) in [6.07, 6.45) is 1.65. The maximum atomic E-state index is 12.9. The highest BCUT2D eigenvalue weighted by atomic mass is 19.1. The fraction of sp³-hybridized carbons (Fsp3) is 0.211. The van der Waals surface area contributed by atoms with E-state index in [2.05, 4.69) is 27.8 Å². The number of hydrogen-bond acceptors (Lipinski definition) is 1. The van der Waals surface area contributed by atoms with E-state index in [4.69, 9.17) is 0 Å². The Hall–Kier alpha value is -2.82. The van der Waals surface area contributed by atoms with Gasteiger partial charge in [-0.3, -0.25) is 0 Å². The molecule has 0 spiro atoms. The number of aromatic amines is 1. The number of benzene rings is 2. The Kier molecular flexibility index (Phi) is 3.69. The zero-order valence-electron chi connectivity index (χ0n) is 13.1. The van der Waals surface area contributed by atoms with Gasteiger partial charge in [0.1, 0.15) is 5.82 Å². The fourth-order valence-electron chi connectivity index (χ4n) is 3.35. The predicted octanol–water partition coefficient (Wildman–Crippen LogP) is 3.27. The van der Waals surface area contributed by atoms with Crippen molar-refractivity contribution >= 4 is 16.9 Å². The molecule has 1 aliphatic rings. The van der Waals surface area contributed by atoms with Crippen LogP contribution in [0.2, 0.25) is 0 Å². The van der Waals surface area contributed by atoms with Gasteiger partial charge in [-0.05, 0) is 35.7 Å². The summed E-state index contributed by atoms with van der Waals surface area (Å²) in [5, 5.41) is 7.07. The molecule has 0 radical (unpaired) electrons. The Bertz CT molecular complexity index is 885. The average molecular weight is 323 g/mol. The molecule has 0 bridgehead atoms. The van der Waals surface area contributed by atoms with Crippen LogP contribution in [0.5, 0.6) is 0 Å². The number of amides is 2. The van der Waals surface area contributed by atoms with Gasteiger partial charge in [0.15, 0.2) is 0 Å². The van der Waals surface area contributed by atoms with E-state index in [1.54, 1.807) is 12.1 Å². The first-order chi connectivity index (χ1) is 11.7. The Balaban J connectivity index is 1.34. The third-order valence-electron chi connectivity index (χ3n) is 4.50. The molecule has 4 nitrogen and oxygen atoms in total. The number of fused-ring (bicyclic) bond motifs is 3. The molecule has 0 aliphatic heterocycles. The van der Waals surface area contributed by atoms with Crippen LogP contribution in [0.4, 0.5) is 9.18 Å². The van der Waals surface area contributed by atoms with Crippen molar-refractivity contribution in [2.45, 2.75) is 25.4 Å². The lowest BCUT2D eigenvalue weighted by Gasteiger charge is -2.13. The summed E-state index contributed by atoms with van der Waals surface area (Å²) in [4.78, 5) is 15.5. The van der Waals surface area contributed by atoms with E-state index in [1.165, 1.54) is 28.8 Å². The van der Waals surface area contributed by atoms with Gasteiger partial charge in [-0.15, -0.1) is 0 Å². The summed E-state index contributed by atoms with van der Waals surface area (Å²) in [5.41, 5.74) is 4.53. The summed E-state index contributed by atoms with van der Waals surface area (Å²) in [6, 6.07) is 14.3. The highest BCUT2D eigenvalue weighted by molar-refractivity contribution is 5.85. The highest BCUT2D eigenvalue weighted by Crippen LogP contribution is 2.29. The van der Waals surface area contributed by atoms with Crippen molar-refractivity contribution in [3.63, 3.8) is 0 Å². The van der Waals surface area contributed by atoms with Crippen molar-refractivity contribution in [1.82, 2.24) is 15.6 Å². The van der Waals surface area contributed by atoms with E-state index in [-0.39, 0.29) is 17.9 Å². The maximum absolute atomic E-state index is 12.9. The maximum Gasteiger partial charge on any atom is 0.315 e. The normalized spacial score (nSPS) is 16.1. The molecule has 2 aromatic carbocycles. The molecule has 5 heteroatoms. The molecule has 0 fully saturated rings. The zero-order chi connectivity index (χ0) is 16.5. The number of para-hydroxylation sites is 1. The standard InChI is InChI=1S/C19H18FN3O/c20-13-7-5-12(6-8-13)11-21-19(24)22-14-9-16-15-3-1-2-4-17(15)23-18(16)10-14/h1-8,14,23H,9-11H2,(H2,21,22,24). The lowest BCUT2D eigenvalue weighted by atomic mass is 10.1. The molecule has 0 saturated heterocycles. The zero-order valence-corrected chi connectivity index (χ0v) is 13.1. The van der Waals surface area contributed by atoms with Crippen molar-refractivity contribution in [3.05, 3.63) is 71.2 Å². The number of hydrogen-bond donors (Lipinski definition) is 3. The van der Waals surface area contributed by atoms with Crippen LogP contribution in [0.15, 0.2) is 48.5 Å². The van der Waals surface area contributed by atoms with Gasteiger partial charge >= 0.3 is 6.03 Å². The fourth-order valence-corrected chi connectivity index (χ4v) is 3.35. The van der Waals surface area contributed by atoms with Crippen LogP contribution in [0.25, 0.3) is 10.9 Å². The Labute approximate surface area is 139 Å². The molecule has 3 aromatic rings. The molecule has 1 aromatic heterocycles. The smallest absolute Gasteiger partial charge is 0.315 e. The van der Waals surface area contributed by atoms with Gasteiger partial charge in [-0.25, -0.2) is 9.18 Å². The molecule has 3 N–H and O–H groups in total. The first-order valence-electron chi connectivity index (χ1n) is 8.06. The largest absolute Gasteiger partial charge is 0.358 e. The molecular weight excluding hydrogens is 305 g/mol. The lowest BCUT2D eigenvalue weighted by molar-refractivity contribution is 0.237. The van der Waals surface area contributed by atoms with Gasteiger partial charge in [0.25, 0.3) is 0 Å². The van der Waals surface area contributed by atoms with Crippen LogP contribution >= 0.6 is 0 Å². The van der Waals surface area contributed by atoms with Gasteiger partial charge < -0.3 is 15.6 Å². The average Bonchev–Trinajstić information content (AvgIpc) is 3.11. The number of nitrogens with one attached hydrogen (secondary N) is 3. The van der Waals surface area contributed by atoms with Crippen LogP contribution in [-0.4, -0.2) is 17.1 Å². The van der Waals surface area contributed by atoms with Crippen LogP contribution in [0.3, 0.4) is 0 Å². The second-order valence-electron chi connectivity index (χ2n) is 6.19. The number of carbonyl (C=O) groups is 1. The van der Waals surface area contributed by atoms with E-state index < -0.39 is 0 Å². The summed E-state index contributed by atoms with van der Waals surface area (Å²) < 4.78 is 12.9. The number of H-pyrrole nitrogens is 1. The minimum absolute atomic E-state index is 0.101. The van der Waals surface area contributed by atoms with Crippen LogP contribution < -0.4 is 10.6 Å². The van der Waals surface area contributed by atoms with E-state index in [9.17, 15) is 9.18 Å². The minimum Gasteiger partial charge on any atom is -0.358 e. The van der Waals surface area contributed by atoms with Crippen molar-refractivity contribution in [2.24, 2.45) is 0 Å². The second kappa shape index (κ2) is 6.00. The monoisotopic (exact) mass is 323 g/mol. The molecule has 0 saturated carbocycles. The van der Waals surface area contributed by atoms with Crippen molar-refractivity contribution in [1.29, 1.82) is 0 Å². The summed E-state index contributed by atoms with van der Waals surface area (Å²) in [6.45, 7) is 0.382. The Morgan fingerprint density at radius 1 is 1.12 bits per heavy atom. The third kappa shape index (κ3) is 2.85. The van der Waals surface area contributed by atoms with Crippen LogP contribution in [-0.2, 0) is 19.4 Å². The quantitative estimate of drug-likeness (QED) is 0.681. The van der Waals surface area contributed by atoms with E-state index in [0.717, 1.165) is 23.9 Å². The molecule has 1 aliphatic carbocycles. The molecular formula is C19H18FN3O. The molecule has 1 atom stereocenters. The van der Waals surface area contributed by atoms with E-state index in [0.29, 0.717) is 6.54 Å². The second-order valence-corrected chi connectivity index (χ2v) is 6.19. The SMILES string of the molecule is O=C(NCc1ccc(F)cc1)NC1Cc2[nH]c3ccccc3c2C1. The lowest BCUT2D eigenvalue weighted by Crippen LogP contribution is -2.42. The van der Waals surface area contributed by atoms with Gasteiger partial charge in [0.05, 0.1) is 0 Å². The van der Waals surface area contributed by atoms with Crippen LogP contribution in [0, 0.1) is 5.82 Å². The minimum atomic E-state index is -0.275. The Morgan fingerprint density at radius 2 is 1.92 bits per heavy atom. The van der Waals surface area contributed by atoms with Gasteiger partial charge in [-0.2, -0.15) is 0 Å². The first-order valence-corrected chi connectivity index (χ1v) is 8.06. The van der Waals surface area contributed by atoms with Crippen molar-refractivity contribution < 1.29 is 9.18 Å². The summed E-state index contributed by atoms with van der Waals surface area (Å²) in [7, 11) is 0. The topological polar surface area (TPSA) is 56.9 Å². The first kappa shape index (κ1) is 14.8. The molecule has 2 amide bonds. The van der Waals surface area contributed by atoms with Gasteiger partial charge in [0, 0.05) is 35.6 Å². The molecule has 24 heavy (non-hydrogen) atoms. The molecule has 1 heterocycles. The number of halogens is 1. The van der Waals surface area contributed by atoms with E-state index >= 15 is 0 Å². The molecule has 1 unspecified atom stereocenters. The number of carbonyl (C=O) groups excluding carboxylic acids is 1.